The average molecular weight is 480 g/mol. The van der Waals surface area contributed by atoms with Crippen LogP contribution in [0.2, 0.25) is 0 Å². The zero-order chi connectivity index (χ0) is 23.9. The van der Waals surface area contributed by atoms with E-state index in [1.54, 1.807) is 6.92 Å². The summed E-state index contributed by atoms with van der Waals surface area (Å²) in [5.41, 5.74) is -0.740. The number of methoxy groups -OCH3 is 2. The van der Waals surface area contributed by atoms with E-state index in [1.807, 2.05) is 4.72 Å². The number of alkyl halides is 3. The van der Waals surface area contributed by atoms with E-state index in [-0.39, 0.29) is 43.7 Å². The second-order valence-electron chi connectivity index (χ2n) is 6.51. The maximum Gasteiger partial charge on any atom is 0.416 e. The molecule has 1 aromatic heterocycles. The third-order valence-corrected chi connectivity index (χ3v) is 5.68. The Morgan fingerprint density at radius 3 is 2.38 bits per heavy atom. The summed E-state index contributed by atoms with van der Waals surface area (Å²) in [6, 6.07) is 2.78. The van der Waals surface area contributed by atoms with Crippen molar-refractivity contribution >= 4 is 27.8 Å². The van der Waals surface area contributed by atoms with Crippen molar-refractivity contribution in [3.05, 3.63) is 41.3 Å². The Bertz CT molecular complexity index is 1020. The number of nitrogens with zero attached hydrogens (tertiary/aromatic N) is 2. The molecule has 2 rings (SSSR count). The number of carbonyl (C=O) groups is 1. The number of hydrogen-bond donors (Lipinski definition) is 2. The van der Waals surface area contributed by atoms with Crippen molar-refractivity contribution in [1.29, 1.82) is 0 Å². The van der Waals surface area contributed by atoms with Crippen molar-refractivity contribution in [3.8, 4) is 0 Å². The number of nitrogens with one attached hydrogen (secondary N) is 2. The van der Waals surface area contributed by atoms with Gasteiger partial charge >= 0.3 is 16.4 Å². The van der Waals surface area contributed by atoms with E-state index in [2.05, 4.69) is 10.3 Å². The second kappa shape index (κ2) is 10.8. The summed E-state index contributed by atoms with van der Waals surface area (Å²) in [6.07, 6.45) is -3.66. The van der Waals surface area contributed by atoms with Crippen molar-refractivity contribution in [3.63, 3.8) is 0 Å². The lowest BCUT2D eigenvalue weighted by Gasteiger charge is -2.21. The van der Waals surface area contributed by atoms with E-state index in [9.17, 15) is 26.4 Å². The van der Waals surface area contributed by atoms with Crippen LogP contribution in [0.5, 0.6) is 0 Å². The monoisotopic (exact) mass is 480 g/mol. The Morgan fingerprint density at radius 2 is 1.81 bits per heavy atom. The van der Waals surface area contributed by atoms with E-state index < -0.39 is 27.9 Å². The molecule has 2 N–H and O–H groups in total. The number of ether oxygens (including phenoxy) is 2. The van der Waals surface area contributed by atoms with Gasteiger partial charge in [-0.15, -0.1) is 0 Å². The molecular weight excluding hydrogens is 457 g/mol. The first kappa shape index (κ1) is 25.6. The number of halogens is 3. The van der Waals surface area contributed by atoms with Crippen LogP contribution >= 0.6 is 0 Å². The van der Waals surface area contributed by atoms with Crippen LogP contribution in [0.1, 0.15) is 21.6 Å². The van der Waals surface area contributed by atoms with Crippen molar-refractivity contribution in [1.82, 2.24) is 14.0 Å². The van der Waals surface area contributed by atoms with Gasteiger partial charge in [0.2, 0.25) is 0 Å². The van der Waals surface area contributed by atoms with Gasteiger partial charge in [0, 0.05) is 33.0 Å². The highest BCUT2D eigenvalue weighted by atomic mass is 32.2. The van der Waals surface area contributed by atoms with Gasteiger partial charge in [0.25, 0.3) is 11.9 Å². The molecule has 1 amide bonds. The lowest BCUT2D eigenvalue weighted by Crippen LogP contribution is -2.46. The first-order valence-corrected chi connectivity index (χ1v) is 10.6. The molecule has 1 heterocycles. The smallest absolute Gasteiger partial charge is 0.416 e. The Kier molecular flexibility index (Phi) is 8.60. The highest BCUT2D eigenvalue weighted by Gasteiger charge is 2.31. The molecule has 0 radical (unpaired) electrons. The Morgan fingerprint density at radius 1 is 1.19 bits per heavy atom. The minimum atomic E-state index is -4.54. The topological polar surface area (TPSA) is 123 Å². The van der Waals surface area contributed by atoms with Crippen LogP contribution in [0.25, 0.3) is 0 Å². The fourth-order valence-electron chi connectivity index (χ4n) is 2.46. The third-order valence-electron chi connectivity index (χ3n) is 4.19. The highest BCUT2D eigenvalue weighted by Crippen LogP contribution is 2.32. The van der Waals surface area contributed by atoms with E-state index >= 15 is 0 Å². The molecule has 0 atom stereocenters. The molecule has 1 aromatic carbocycles. The molecule has 14 heteroatoms. The van der Waals surface area contributed by atoms with Crippen LogP contribution in [0.4, 0.5) is 24.9 Å². The number of anilines is 2. The molecule has 0 saturated heterocycles. The van der Waals surface area contributed by atoms with E-state index in [4.69, 9.17) is 13.9 Å². The molecule has 178 valence electrons. The third kappa shape index (κ3) is 6.91. The van der Waals surface area contributed by atoms with E-state index in [0.29, 0.717) is 5.56 Å². The summed E-state index contributed by atoms with van der Waals surface area (Å²) in [5.74, 6) is -1.08. The summed E-state index contributed by atoms with van der Waals surface area (Å²) in [7, 11) is -1.45. The quantitative estimate of drug-likeness (QED) is 0.502. The zero-order valence-electron chi connectivity index (χ0n) is 17.5. The van der Waals surface area contributed by atoms with Crippen LogP contribution in [0.3, 0.4) is 0 Å². The van der Waals surface area contributed by atoms with Gasteiger partial charge in [-0.05, 0) is 24.6 Å². The van der Waals surface area contributed by atoms with Crippen LogP contribution in [0.15, 0.2) is 28.9 Å². The maximum absolute atomic E-state index is 12.9. The van der Waals surface area contributed by atoms with Gasteiger partial charge in [0.05, 0.1) is 18.8 Å². The lowest BCUT2D eigenvalue weighted by atomic mass is 10.1. The summed E-state index contributed by atoms with van der Waals surface area (Å²) in [5, 5.41) is 2.55. The fourth-order valence-corrected chi connectivity index (χ4v) is 3.55. The van der Waals surface area contributed by atoms with Crippen LogP contribution in [0, 0.1) is 6.92 Å². The second-order valence-corrected chi connectivity index (χ2v) is 8.18. The van der Waals surface area contributed by atoms with Crippen molar-refractivity contribution < 1.29 is 40.3 Å². The van der Waals surface area contributed by atoms with Crippen molar-refractivity contribution in [2.45, 2.75) is 13.1 Å². The molecule has 32 heavy (non-hydrogen) atoms. The van der Waals surface area contributed by atoms with Crippen molar-refractivity contribution in [2.24, 2.45) is 0 Å². The first-order valence-electron chi connectivity index (χ1n) is 9.18. The Hall–Kier alpha value is -2.68. The average Bonchev–Trinajstić information content (AvgIpc) is 3.17. The number of aromatic nitrogens is 1. The number of aryl methyl sites for hydroxylation is 1. The van der Waals surface area contributed by atoms with Gasteiger partial charge < -0.3 is 19.2 Å². The van der Waals surface area contributed by atoms with Gasteiger partial charge in [0.15, 0.2) is 5.69 Å². The van der Waals surface area contributed by atoms with Gasteiger partial charge in [-0.2, -0.15) is 30.9 Å². The van der Waals surface area contributed by atoms with Crippen LogP contribution < -0.4 is 10.0 Å². The van der Waals surface area contributed by atoms with E-state index in [0.717, 1.165) is 22.7 Å². The summed E-state index contributed by atoms with van der Waals surface area (Å²) >= 11 is 0. The first-order chi connectivity index (χ1) is 15.0. The van der Waals surface area contributed by atoms with Gasteiger partial charge in [-0.1, -0.05) is 6.07 Å². The van der Waals surface area contributed by atoms with Crippen LogP contribution in [-0.2, 0) is 25.9 Å². The largest absolute Gasteiger partial charge is 0.431 e. The minimum absolute atomic E-state index is 0.0249. The molecule has 0 aliphatic carbocycles. The summed E-state index contributed by atoms with van der Waals surface area (Å²) in [6.45, 7) is 1.70. The van der Waals surface area contributed by atoms with Gasteiger partial charge in [-0.3, -0.25) is 4.79 Å². The van der Waals surface area contributed by atoms with Gasteiger partial charge in [0.1, 0.15) is 6.26 Å². The minimum Gasteiger partial charge on any atom is -0.431 e. The molecule has 0 fully saturated rings. The highest BCUT2D eigenvalue weighted by molar-refractivity contribution is 7.87. The number of carbonyl (C=O) groups excluding carboxylic acids is 1. The molecule has 0 unspecified atom stereocenters. The molecule has 2 aromatic rings. The molecule has 0 saturated carbocycles. The predicted molar refractivity (Wildman–Crippen MR) is 108 cm³/mol. The summed E-state index contributed by atoms with van der Waals surface area (Å²) < 4.78 is 81.4. The zero-order valence-corrected chi connectivity index (χ0v) is 18.3. The van der Waals surface area contributed by atoms with Crippen LogP contribution in [-0.4, -0.2) is 64.1 Å². The lowest BCUT2D eigenvalue weighted by molar-refractivity contribution is -0.137. The molecule has 0 spiro atoms. The SMILES string of the molecule is COCCN(CCOC)S(=O)(=O)NC(=O)c1coc(Nc2cc(C(F)(F)F)ccc2C)n1. The fraction of sp³-hybridized carbons (Fsp3) is 0.444. The predicted octanol–water partition coefficient (Wildman–Crippen LogP) is 2.31. The Balaban J connectivity index is 2.14. The number of rotatable bonds is 11. The number of amides is 1. The van der Waals surface area contributed by atoms with Crippen molar-refractivity contribution in [2.75, 3.05) is 45.8 Å². The molecule has 0 aliphatic heterocycles. The number of oxazole rings is 1. The standard InChI is InChI=1S/C18H23F3N4O6S/c1-12-4-5-13(18(19,20)21)10-14(12)22-17-23-15(11-31-17)16(26)24-32(27,28)25(6-8-29-2)7-9-30-3/h4-5,10-11H,6-9H2,1-3H3,(H,22,23)(H,24,26). The molecule has 10 nitrogen and oxygen atoms in total. The summed E-state index contributed by atoms with van der Waals surface area (Å²) in [4.78, 5) is 16.2. The Labute approximate surface area is 182 Å². The van der Waals surface area contributed by atoms with Gasteiger partial charge in [-0.25, -0.2) is 4.72 Å². The maximum atomic E-state index is 12.9. The van der Waals surface area contributed by atoms with E-state index in [1.165, 1.54) is 20.3 Å². The number of benzene rings is 1. The molecule has 0 aliphatic rings. The molecular formula is C18H23F3N4O6S. The molecule has 0 bridgehead atoms. The number of hydrogen-bond acceptors (Lipinski definition) is 8. The normalized spacial score (nSPS) is 12.2.